The predicted molar refractivity (Wildman–Crippen MR) is 90.1 cm³/mol. The van der Waals surface area contributed by atoms with Gasteiger partial charge in [-0.1, -0.05) is 48.0 Å². The smallest absolute Gasteiger partial charge is 0.243 e. The minimum absolute atomic E-state index is 0.224. The van der Waals surface area contributed by atoms with Crippen LogP contribution in [0.1, 0.15) is 17.2 Å². The van der Waals surface area contributed by atoms with Crippen molar-refractivity contribution in [1.29, 1.82) is 0 Å². The number of hydrogen-bond acceptors (Lipinski definition) is 3. The van der Waals surface area contributed by atoms with Crippen molar-refractivity contribution in [3.05, 3.63) is 64.7 Å². The van der Waals surface area contributed by atoms with Crippen LogP contribution in [-0.4, -0.2) is 32.4 Å². The van der Waals surface area contributed by atoms with Gasteiger partial charge in [0.25, 0.3) is 0 Å². The molecular weight excluding hydrogens is 334 g/mol. The summed E-state index contributed by atoms with van der Waals surface area (Å²) < 4.78 is 32.9. The molecule has 1 aliphatic heterocycles. The van der Waals surface area contributed by atoms with Crippen molar-refractivity contribution in [3.63, 3.8) is 0 Å². The standard InChI is InChI=1S/C17H18ClNO3S/c1-13-7-8-15(11-16(13)18)23(20,21)19-9-10-22-17(12-19)14-5-3-2-4-6-14/h2-8,11,17H,9-10,12H2,1H3. The molecule has 2 aromatic rings. The van der Waals surface area contributed by atoms with Crippen LogP contribution in [0.2, 0.25) is 5.02 Å². The summed E-state index contributed by atoms with van der Waals surface area (Å²) in [5.74, 6) is 0. The Bertz CT molecular complexity index is 793. The zero-order valence-electron chi connectivity index (χ0n) is 12.8. The molecule has 0 spiro atoms. The summed E-state index contributed by atoms with van der Waals surface area (Å²) in [6.07, 6.45) is -0.249. The Morgan fingerprint density at radius 3 is 2.61 bits per heavy atom. The molecule has 23 heavy (non-hydrogen) atoms. The molecule has 1 atom stereocenters. The van der Waals surface area contributed by atoms with Crippen molar-refractivity contribution in [1.82, 2.24) is 4.31 Å². The summed E-state index contributed by atoms with van der Waals surface area (Å²) in [4.78, 5) is 0.224. The van der Waals surface area contributed by atoms with Gasteiger partial charge in [0.15, 0.2) is 0 Å². The number of aryl methyl sites for hydroxylation is 1. The van der Waals surface area contributed by atoms with Crippen molar-refractivity contribution in [2.24, 2.45) is 0 Å². The third kappa shape index (κ3) is 3.43. The first-order valence-corrected chi connectivity index (χ1v) is 9.23. The van der Waals surface area contributed by atoms with E-state index in [1.807, 2.05) is 37.3 Å². The first kappa shape index (κ1) is 16.5. The van der Waals surface area contributed by atoms with E-state index < -0.39 is 10.0 Å². The molecule has 0 aromatic heterocycles. The predicted octanol–water partition coefficient (Wildman–Crippen LogP) is 3.41. The lowest BCUT2D eigenvalue weighted by Gasteiger charge is -2.32. The molecule has 3 rings (SSSR count). The van der Waals surface area contributed by atoms with E-state index in [-0.39, 0.29) is 11.0 Å². The second-order valence-corrected chi connectivity index (χ2v) is 7.89. The van der Waals surface area contributed by atoms with E-state index >= 15 is 0 Å². The zero-order chi connectivity index (χ0) is 16.4. The molecule has 122 valence electrons. The summed E-state index contributed by atoms with van der Waals surface area (Å²) in [6.45, 7) is 2.87. The SMILES string of the molecule is Cc1ccc(S(=O)(=O)N2CCOC(c3ccccc3)C2)cc1Cl. The summed E-state index contributed by atoms with van der Waals surface area (Å²) >= 11 is 6.08. The molecule has 0 aliphatic carbocycles. The Morgan fingerprint density at radius 1 is 1.17 bits per heavy atom. The largest absolute Gasteiger partial charge is 0.371 e. The highest BCUT2D eigenvalue weighted by Gasteiger charge is 2.31. The average Bonchev–Trinajstić information content (AvgIpc) is 2.58. The maximum absolute atomic E-state index is 12.8. The first-order valence-electron chi connectivity index (χ1n) is 7.41. The second-order valence-electron chi connectivity index (χ2n) is 5.54. The van der Waals surface area contributed by atoms with Crippen molar-refractivity contribution in [2.75, 3.05) is 19.7 Å². The van der Waals surface area contributed by atoms with Gasteiger partial charge in [0.1, 0.15) is 0 Å². The van der Waals surface area contributed by atoms with E-state index in [1.54, 1.807) is 12.1 Å². The minimum atomic E-state index is -3.57. The fraction of sp³-hybridized carbons (Fsp3) is 0.294. The van der Waals surface area contributed by atoms with Crippen LogP contribution in [0.3, 0.4) is 0 Å². The van der Waals surface area contributed by atoms with Crippen molar-refractivity contribution in [3.8, 4) is 0 Å². The fourth-order valence-corrected chi connectivity index (χ4v) is 4.29. The minimum Gasteiger partial charge on any atom is -0.371 e. The van der Waals surface area contributed by atoms with Gasteiger partial charge in [-0.05, 0) is 30.2 Å². The van der Waals surface area contributed by atoms with E-state index in [0.29, 0.717) is 24.7 Å². The number of halogens is 1. The number of sulfonamides is 1. The zero-order valence-corrected chi connectivity index (χ0v) is 14.3. The van der Waals surface area contributed by atoms with Crippen LogP contribution < -0.4 is 0 Å². The lowest BCUT2D eigenvalue weighted by atomic mass is 10.1. The first-order chi connectivity index (χ1) is 11.0. The van der Waals surface area contributed by atoms with Crippen LogP contribution in [-0.2, 0) is 14.8 Å². The number of morpholine rings is 1. The normalized spacial score (nSPS) is 19.7. The van der Waals surface area contributed by atoms with E-state index in [9.17, 15) is 8.42 Å². The Hall–Kier alpha value is -1.40. The Morgan fingerprint density at radius 2 is 1.91 bits per heavy atom. The number of benzene rings is 2. The topological polar surface area (TPSA) is 46.6 Å². The highest BCUT2D eigenvalue weighted by molar-refractivity contribution is 7.89. The van der Waals surface area contributed by atoms with Crippen LogP contribution in [0.15, 0.2) is 53.4 Å². The molecule has 0 N–H and O–H groups in total. The highest BCUT2D eigenvalue weighted by atomic mass is 35.5. The van der Waals surface area contributed by atoms with Crippen molar-refractivity contribution < 1.29 is 13.2 Å². The fourth-order valence-electron chi connectivity index (χ4n) is 2.60. The molecule has 0 amide bonds. The van der Waals surface area contributed by atoms with Gasteiger partial charge in [0.05, 0.1) is 17.6 Å². The van der Waals surface area contributed by atoms with Gasteiger partial charge in [-0.25, -0.2) is 8.42 Å². The molecule has 0 bridgehead atoms. The van der Waals surface area contributed by atoms with Gasteiger partial charge in [-0.3, -0.25) is 0 Å². The van der Waals surface area contributed by atoms with E-state index in [2.05, 4.69) is 0 Å². The Balaban J connectivity index is 1.86. The van der Waals surface area contributed by atoms with E-state index in [1.165, 1.54) is 10.4 Å². The molecule has 2 aromatic carbocycles. The molecule has 4 nitrogen and oxygen atoms in total. The summed E-state index contributed by atoms with van der Waals surface area (Å²) in [5, 5.41) is 0.457. The monoisotopic (exact) mass is 351 g/mol. The number of hydrogen-bond donors (Lipinski definition) is 0. The molecule has 1 heterocycles. The van der Waals surface area contributed by atoms with Crippen LogP contribution in [0.25, 0.3) is 0 Å². The van der Waals surface area contributed by atoms with Gasteiger partial charge in [-0.2, -0.15) is 4.31 Å². The van der Waals surface area contributed by atoms with Gasteiger partial charge < -0.3 is 4.74 Å². The van der Waals surface area contributed by atoms with Crippen LogP contribution in [0.4, 0.5) is 0 Å². The van der Waals surface area contributed by atoms with Gasteiger partial charge in [0, 0.05) is 18.1 Å². The Labute approximate surface area is 141 Å². The molecule has 0 saturated carbocycles. The van der Waals surface area contributed by atoms with Crippen molar-refractivity contribution in [2.45, 2.75) is 17.9 Å². The van der Waals surface area contributed by atoms with Crippen molar-refractivity contribution >= 4 is 21.6 Å². The molecule has 0 radical (unpaired) electrons. The van der Waals surface area contributed by atoms with Gasteiger partial charge in [0.2, 0.25) is 10.0 Å². The lowest BCUT2D eigenvalue weighted by molar-refractivity contribution is -0.00255. The van der Waals surface area contributed by atoms with E-state index in [4.69, 9.17) is 16.3 Å². The number of ether oxygens (including phenoxy) is 1. The summed E-state index contributed by atoms with van der Waals surface area (Å²) in [7, 11) is -3.57. The molecule has 1 unspecified atom stereocenters. The van der Waals surface area contributed by atoms with Gasteiger partial charge in [-0.15, -0.1) is 0 Å². The molecule has 1 aliphatic rings. The molecule has 1 fully saturated rings. The summed E-state index contributed by atoms with van der Waals surface area (Å²) in [5.41, 5.74) is 1.84. The lowest BCUT2D eigenvalue weighted by Crippen LogP contribution is -2.42. The molecule has 6 heteroatoms. The highest BCUT2D eigenvalue weighted by Crippen LogP contribution is 2.28. The van der Waals surface area contributed by atoms with Crippen LogP contribution >= 0.6 is 11.6 Å². The summed E-state index contributed by atoms with van der Waals surface area (Å²) in [6, 6.07) is 14.5. The third-order valence-electron chi connectivity index (χ3n) is 3.98. The average molecular weight is 352 g/mol. The third-order valence-corrected chi connectivity index (χ3v) is 6.25. The van der Waals surface area contributed by atoms with Crippen LogP contribution in [0.5, 0.6) is 0 Å². The maximum atomic E-state index is 12.8. The van der Waals surface area contributed by atoms with Gasteiger partial charge >= 0.3 is 0 Å². The second kappa shape index (κ2) is 6.61. The molecular formula is C17H18ClNO3S. The Kier molecular flexibility index (Phi) is 4.73. The maximum Gasteiger partial charge on any atom is 0.243 e. The van der Waals surface area contributed by atoms with Crippen LogP contribution in [0, 0.1) is 6.92 Å². The van der Waals surface area contributed by atoms with E-state index in [0.717, 1.165) is 11.1 Å². The number of rotatable bonds is 3. The molecule has 1 saturated heterocycles. The quantitative estimate of drug-likeness (QED) is 0.851. The number of nitrogens with zero attached hydrogens (tertiary/aromatic N) is 1.